The second-order valence-corrected chi connectivity index (χ2v) is 6.82. The van der Waals surface area contributed by atoms with Gasteiger partial charge in [-0.15, -0.1) is 6.58 Å². The highest BCUT2D eigenvalue weighted by atomic mass is 16.6. The van der Waals surface area contributed by atoms with E-state index in [0.29, 0.717) is 16.7 Å². The van der Waals surface area contributed by atoms with Crippen LogP contribution in [0.5, 0.6) is 0 Å². The van der Waals surface area contributed by atoms with Crippen LogP contribution in [-0.4, -0.2) is 27.8 Å². The Hall–Kier alpha value is -2.43. The molecule has 0 N–H and O–H groups in total. The van der Waals surface area contributed by atoms with Crippen molar-refractivity contribution in [3.63, 3.8) is 0 Å². The molecule has 122 valence electrons. The van der Waals surface area contributed by atoms with Crippen LogP contribution in [0.3, 0.4) is 0 Å². The molecule has 1 atom stereocenters. The van der Waals surface area contributed by atoms with E-state index in [0.717, 1.165) is 0 Å². The van der Waals surface area contributed by atoms with Gasteiger partial charge in [-0.05, 0) is 34.1 Å². The molecule has 1 aliphatic rings. The van der Waals surface area contributed by atoms with Crippen molar-refractivity contribution in [3.05, 3.63) is 47.7 Å². The first-order chi connectivity index (χ1) is 10.6. The Morgan fingerprint density at radius 1 is 1.39 bits per heavy atom. The van der Waals surface area contributed by atoms with Gasteiger partial charge in [0, 0.05) is 11.6 Å². The van der Waals surface area contributed by atoms with Crippen LogP contribution in [0.25, 0.3) is 0 Å². The lowest BCUT2D eigenvalue weighted by molar-refractivity contribution is -0.363. The molecule has 0 saturated heterocycles. The average Bonchev–Trinajstić information content (AvgIpc) is 2.44. The molecule has 0 saturated carbocycles. The number of benzene rings is 1. The lowest BCUT2D eigenvalue weighted by Gasteiger charge is -2.32. The highest BCUT2D eigenvalue weighted by Crippen LogP contribution is 2.39. The first kappa shape index (κ1) is 16.9. The molecule has 23 heavy (non-hydrogen) atoms. The van der Waals surface area contributed by atoms with Crippen molar-refractivity contribution in [1.29, 1.82) is 0 Å². The maximum atomic E-state index is 12.9. The molecule has 1 aliphatic heterocycles. The Labute approximate surface area is 135 Å². The maximum Gasteiger partial charge on any atom is 0.409 e. The van der Waals surface area contributed by atoms with E-state index in [4.69, 9.17) is 4.74 Å². The summed E-state index contributed by atoms with van der Waals surface area (Å²) >= 11 is 0. The van der Waals surface area contributed by atoms with Crippen molar-refractivity contribution >= 4 is 23.2 Å². The lowest BCUT2D eigenvalue weighted by atomic mass is 9.72. The van der Waals surface area contributed by atoms with E-state index in [-0.39, 0.29) is 5.69 Å². The number of Topliss-reactive ketones (excluding diaryl/α,β-unsaturated/α-hetero) is 1. The minimum absolute atomic E-state index is 0.289. The van der Waals surface area contributed by atoms with Gasteiger partial charge in [-0.1, -0.05) is 24.3 Å². The Morgan fingerprint density at radius 3 is 2.57 bits per heavy atom. The smallest absolute Gasteiger partial charge is 0.409 e. The van der Waals surface area contributed by atoms with Crippen LogP contribution in [0.4, 0.5) is 5.69 Å². The van der Waals surface area contributed by atoms with Gasteiger partial charge in [0.15, 0.2) is 0 Å². The zero-order chi connectivity index (χ0) is 17.4. The van der Waals surface area contributed by atoms with E-state index < -0.39 is 28.5 Å². The third-order valence-corrected chi connectivity index (χ3v) is 3.78. The number of hydrogen-bond acceptors (Lipinski definition) is 4. The largest absolute Gasteiger partial charge is 0.618 e. The third kappa shape index (κ3) is 2.91. The number of hydrogen-bond donors (Lipinski definition) is 0. The van der Waals surface area contributed by atoms with Crippen LogP contribution in [0, 0.1) is 5.21 Å². The molecule has 0 radical (unpaired) electrons. The highest BCUT2D eigenvalue weighted by Gasteiger charge is 2.51. The van der Waals surface area contributed by atoms with Gasteiger partial charge in [0.2, 0.25) is 11.5 Å². The summed E-state index contributed by atoms with van der Waals surface area (Å²) in [6.07, 6.45) is 1.94. The fourth-order valence-electron chi connectivity index (χ4n) is 2.71. The second kappa shape index (κ2) is 5.65. The fourth-order valence-corrected chi connectivity index (χ4v) is 2.71. The van der Waals surface area contributed by atoms with E-state index in [1.165, 1.54) is 0 Å². The summed E-state index contributed by atoms with van der Waals surface area (Å²) in [6.45, 7) is 10.5. The Morgan fingerprint density at radius 2 is 2.00 bits per heavy atom. The molecule has 0 aliphatic carbocycles. The fraction of sp³-hybridized carbons (Fsp3) is 0.389. The Bertz CT molecular complexity index is 712. The van der Waals surface area contributed by atoms with Gasteiger partial charge in [0.1, 0.15) is 5.60 Å². The number of carbonyl (C=O) groups excluding carboxylic acids is 2. The molecule has 5 nitrogen and oxygen atoms in total. The minimum Gasteiger partial charge on any atom is -0.618 e. The standard InChI is InChI=1S/C18H21NO4/c1-6-11-18(5)12-9-7-8-10-13(12)19(22)14(15(18)20)16(21)23-17(2,3)4/h6-10H,1,11H2,2-5H3. The van der Waals surface area contributed by atoms with Crippen molar-refractivity contribution in [2.45, 2.75) is 45.1 Å². The molecule has 2 rings (SSSR count). The number of carbonyl (C=O) groups is 2. The van der Waals surface area contributed by atoms with Crippen molar-refractivity contribution in [2.75, 3.05) is 0 Å². The number of fused-ring (bicyclic) bond motifs is 1. The predicted molar refractivity (Wildman–Crippen MR) is 87.8 cm³/mol. The number of esters is 1. The quantitative estimate of drug-likeness (QED) is 0.372. The molecule has 1 aromatic carbocycles. The van der Waals surface area contributed by atoms with E-state index in [2.05, 4.69) is 6.58 Å². The predicted octanol–water partition coefficient (Wildman–Crippen LogP) is 3.03. The molecule has 0 fully saturated rings. The van der Waals surface area contributed by atoms with Gasteiger partial charge < -0.3 is 9.94 Å². The Balaban J connectivity index is 2.65. The Kier molecular flexibility index (Phi) is 4.16. The SMILES string of the molecule is C=CCC1(C)C(=O)C(C(=O)OC(C)(C)C)=[N+]([O-])c2ccccc21. The van der Waals surface area contributed by atoms with Crippen LogP contribution in [-0.2, 0) is 19.7 Å². The summed E-state index contributed by atoms with van der Waals surface area (Å²) in [5.74, 6) is -1.44. The zero-order valence-corrected chi connectivity index (χ0v) is 13.9. The summed E-state index contributed by atoms with van der Waals surface area (Å²) in [5, 5.41) is 12.6. The maximum absolute atomic E-state index is 12.9. The number of allylic oxidation sites excluding steroid dienone is 1. The van der Waals surface area contributed by atoms with Crippen LogP contribution < -0.4 is 0 Å². The summed E-state index contributed by atoms with van der Waals surface area (Å²) < 4.78 is 5.63. The van der Waals surface area contributed by atoms with E-state index >= 15 is 0 Å². The number of para-hydroxylation sites is 1. The van der Waals surface area contributed by atoms with Gasteiger partial charge >= 0.3 is 11.7 Å². The molecule has 1 aromatic rings. The zero-order valence-electron chi connectivity index (χ0n) is 13.9. The number of ether oxygens (including phenoxy) is 1. The minimum atomic E-state index is -1.01. The summed E-state index contributed by atoms with van der Waals surface area (Å²) in [7, 11) is 0. The molecule has 5 heteroatoms. The molecule has 1 unspecified atom stereocenters. The molecular formula is C18H21NO4. The van der Waals surface area contributed by atoms with Gasteiger partial charge in [0.05, 0.1) is 5.41 Å². The molecular weight excluding hydrogens is 294 g/mol. The van der Waals surface area contributed by atoms with Crippen LogP contribution in [0.2, 0.25) is 0 Å². The molecule has 1 heterocycles. The molecule has 0 aromatic heterocycles. The van der Waals surface area contributed by atoms with Crippen molar-refractivity contribution < 1.29 is 19.1 Å². The number of rotatable bonds is 3. The van der Waals surface area contributed by atoms with Crippen LogP contribution in [0.1, 0.15) is 39.7 Å². The molecule has 0 spiro atoms. The highest BCUT2D eigenvalue weighted by molar-refractivity contribution is 6.64. The van der Waals surface area contributed by atoms with Crippen LogP contribution >= 0.6 is 0 Å². The van der Waals surface area contributed by atoms with Gasteiger partial charge in [-0.2, -0.15) is 4.74 Å². The number of ketones is 1. The van der Waals surface area contributed by atoms with Gasteiger partial charge in [-0.25, -0.2) is 4.79 Å². The molecule has 0 bridgehead atoms. The van der Waals surface area contributed by atoms with E-state index in [9.17, 15) is 14.8 Å². The van der Waals surface area contributed by atoms with Gasteiger partial charge in [0.25, 0.3) is 0 Å². The van der Waals surface area contributed by atoms with Crippen molar-refractivity contribution in [2.24, 2.45) is 0 Å². The monoisotopic (exact) mass is 315 g/mol. The van der Waals surface area contributed by atoms with E-state index in [1.54, 1.807) is 58.0 Å². The third-order valence-electron chi connectivity index (χ3n) is 3.78. The number of nitrogens with zero attached hydrogens (tertiary/aromatic N) is 1. The van der Waals surface area contributed by atoms with Crippen molar-refractivity contribution in [3.8, 4) is 0 Å². The summed E-state index contributed by atoms with van der Waals surface area (Å²) in [5.41, 5.74) is -1.41. The van der Waals surface area contributed by atoms with Gasteiger partial charge in [-0.3, -0.25) is 4.79 Å². The topological polar surface area (TPSA) is 69.4 Å². The summed E-state index contributed by atoms with van der Waals surface area (Å²) in [4.78, 5) is 25.3. The van der Waals surface area contributed by atoms with Crippen molar-refractivity contribution in [1.82, 2.24) is 0 Å². The van der Waals surface area contributed by atoms with Crippen LogP contribution in [0.15, 0.2) is 36.9 Å². The molecule has 0 amide bonds. The first-order valence-electron chi connectivity index (χ1n) is 7.44. The van der Waals surface area contributed by atoms with E-state index in [1.807, 2.05) is 0 Å². The normalized spacial score (nSPS) is 21.0. The second-order valence-electron chi connectivity index (χ2n) is 6.82. The average molecular weight is 315 g/mol. The lowest BCUT2D eigenvalue weighted by Crippen LogP contribution is -2.49. The first-order valence-corrected chi connectivity index (χ1v) is 7.44. The summed E-state index contributed by atoms with van der Waals surface area (Å²) in [6, 6.07) is 6.79.